The largest absolute Gasteiger partial charge is 0.494 e. The molecule has 0 unspecified atom stereocenters. The predicted octanol–water partition coefficient (Wildman–Crippen LogP) is 11.5. The van der Waals surface area contributed by atoms with Gasteiger partial charge < -0.3 is 14.2 Å². The first-order valence-corrected chi connectivity index (χ1v) is 16.3. The van der Waals surface area contributed by atoms with E-state index in [0.717, 1.165) is 73.0 Å². The highest BCUT2D eigenvalue weighted by Crippen LogP contribution is 2.32. The average Bonchev–Trinajstić information content (AvgIpc) is 3.06. The molecule has 0 aromatic heterocycles. The van der Waals surface area contributed by atoms with E-state index in [9.17, 15) is 0 Å². The molecule has 0 radical (unpaired) electrons. The minimum absolute atomic E-state index is 0.733. The molecule has 3 heteroatoms. The van der Waals surface area contributed by atoms with Gasteiger partial charge in [0, 0.05) is 0 Å². The zero-order valence-electron chi connectivity index (χ0n) is 27.9. The highest BCUT2D eigenvalue weighted by molar-refractivity contribution is 5.85. The molecule has 0 bridgehead atoms. The summed E-state index contributed by atoms with van der Waals surface area (Å²) in [6, 6.07) is 25.0. The zero-order valence-corrected chi connectivity index (χ0v) is 27.9. The van der Waals surface area contributed by atoms with Crippen LogP contribution in [0, 0.1) is 20.8 Å². The molecular weight excluding hydrogens is 552 g/mol. The van der Waals surface area contributed by atoms with Crippen LogP contribution < -0.4 is 14.2 Å². The number of hydrogen-bond acceptors (Lipinski definition) is 3. The number of hydrogen-bond donors (Lipinski definition) is 0. The second kappa shape index (κ2) is 17.1. The van der Waals surface area contributed by atoms with Crippen LogP contribution in [0.5, 0.6) is 17.2 Å². The lowest BCUT2D eigenvalue weighted by atomic mass is 9.87. The van der Waals surface area contributed by atoms with Crippen molar-refractivity contribution in [3.63, 3.8) is 0 Å². The van der Waals surface area contributed by atoms with Crippen LogP contribution in [0.1, 0.15) is 90.1 Å². The van der Waals surface area contributed by atoms with Gasteiger partial charge in [-0.1, -0.05) is 93.6 Å². The van der Waals surface area contributed by atoms with Crippen LogP contribution in [-0.4, -0.2) is 19.8 Å². The quantitative estimate of drug-likeness (QED) is 0.127. The third-order valence-corrected chi connectivity index (χ3v) is 7.81. The Morgan fingerprint density at radius 1 is 0.378 bits per heavy atom. The van der Waals surface area contributed by atoms with Crippen LogP contribution >= 0.6 is 0 Å². The van der Waals surface area contributed by atoms with Crippen LogP contribution in [-0.2, 0) is 0 Å². The van der Waals surface area contributed by atoms with Gasteiger partial charge in [0.1, 0.15) is 17.2 Å². The topological polar surface area (TPSA) is 27.7 Å². The third kappa shape index (κ3) is 9.49. The van der Waals surface area contributed by atoms with Crippen molar-refractivity contribution in [3.05, 3.63) is 123 Å². The van der Waals surface area contributed by atoms with Gasteiger partial charge in [0.25, 0.3) is 0 Å². The second-order valence-electron chi connectivity index (χ2n) is 11.4. The highest BCUT2D eigenvalue weighted by atomic mass is 16.5. The average molecular weight is 601 g/mol. The van der Waals surface area contributed by atoms with Crippen molar-refractivity contribution in [2.24, 2.45) is 0 Å². The van der Waals surface area contributed by atoms with Crippen molar-refractivity contribution in [1.29, 1.82) is 0 Å². The molecule has 0 saturated carbocycles. The van der Waals surface area contributed by atoms with Gasteiger partial charge in [0.2, 0.25) is 0 Å². The van der Waals surface area contributed by atoms with E-state index in [1.165, 1.54) is 33.4 Å². The van der Waals surface area contributed by atoms with Crippen LogP contribution in [0.4, 0.5) is 0 Å². The Balaban J connectivity index is 1.69. The fourth-order valence-corrected chi connectivity index (χ4v) is 5.25. The molecule has 0 fully saturated rings. The molecule has 0 N–H and O–H groups in total. The Kier molecular flexibility index (Phi) is 12.7. The van der Waals surface area contributed by atoms with E-state index in [1.807, 2.05) is 36.4 Å². The van der Waals surface area contributed by atoms with Crippen molar-refractivity contribution < 1.29 is 14.2 Å². The predicted molar refractivity (Wildman–Crippen MR) is 194 cm³/mol. The summed E-state index contributed by atoms with van der Waals surface area (Å²) in [4.78, 5) is 0. The first-order valence-electron chi connectivity index (χ1n) is 16.3. The Labute approximate surface area is 270 Å². The Bertz CT molecular complexity index is 1370. The van der Waals surface area contributed by atoms with Crippen LogP contribution in [0.2, 0.25) is 0 Å². The maximum atomic E-state index is 5.78. The molecular formula is C42H48O3. The SMILES string of the molecule is CCCOc1ccc(/C=C/c2c(C)c(/C=C/c3ccc(OCCC)cc3)c(C)c(/C=C/c3ccc(OCCC)cc3)c2C)cc1. The number of ether oxygens (including phenoxy) is 3. The first-order chi connectivity index (χ1) is 21.9. The Morgan fingerprint density at radius 2 is 0.622 bits per heavy atom. The molecule has 3 nitrogen and oxygen atoms in total. The Morgan fingerprint density at radius 3 is 0.844 bits per heavy atom. The van der Waals surface area contributed by atoms with E-state index < -0.39 is 0 Å². The van der Waals surface area contributed by atoms with Crippen molar-refractivity contribution in [2.45, 2.75) is 60.8 Å². The van der Waals surface area contributed by atoms with E-state index in [0.29, 0.717) is 0 Å². The summed E-state index contributed by atoms with van der Waals surface area (Å²) in [6.45, 7) is 15.2. The normalized spacial score (nSPS) is 11.6. The van der Waals surface area contributed by atoms with Gasteiger partial charge in [-0.3, -0.25) is 0 Å². The minimum Gasteiger partial charge on any atom is -0.494 e. The lowest BCUT2D eigenvalue weighted by Crippen LogP contribution is -2.00. The van der Waals surface area contributed by atoms with Crippen LogP contribution in [0.3, 0.4) is 0 Å². The van der Waals surface area contributed by atoms with Crippen molar-refractivity contribution in [1.82, 2.24) is 0 Å². The lowest BCUT2D eigenvalue weighted by molar-refractivity contribution is 0.317. The maximum absolute atomic E-state index is 5.78. The van der Waals surface area contributed by atoms with E-state index >= 15 is 0 Å². The van der Waals surface area contributed by atoms with Gasteiger partial charge >= 0.3 is 0 Å². The van der Waals surface area contributed by atoms with E-state index in [4.69, 9.17) is 14.2 Å². The van der Waals surface area contributed by atoms with E-state index in [2.05, 4.69) is 114 Å². The number of rotatable bonds is 15. The molecule has 0 saturated heterocycles. The highest BCUT2D eigenvalue weighted by Gasteiger charge is 2.13. The van der Waals surface area contributed by atoms with Crippen molar-refractivity contribution in [3.8, 4) is 17.2 Å². The molecule has 0 aliphatic heterocycles. The van der Waals surface area contributed by atoms with Gasteiger partial charge in [-0.15, -0.1) is 0 Å². The van der Waals surface area contributed by atoms with Gasteiger partial charge in [0.15, 0.2) is 0 Å². The monoisotopic (exact) mass is 600 g/mol. The smallest absolute Gasteiger partial charge is 0.119 e. The zero-order chi connectivity index (χ0) is 32.0. The fraction of sp³-hybridized carbons (Fsp3) is 0.286. The van der Waals surface area contributed by atoms with Gasteiger partial charge in [-0.05, 0) is 127 Å². The maximum Gasteiger partial charge on any atom is 0.119 e. The molecule has 0 spiro atoms. The molecule has 0 heterocycles. The van der Waals surface area contributed by atoms with Gasteiger partial charge in [-0.25, -0.2) is 0 Å². The van der Waals surface area contributed by atoms with E-state index in [1.54, 1.807) is 0 Å². The Hall–Kier alpha value is -4.50. The summed E-state index contributed by atoms with van der Waals surface area (Å²) in [5.41, 5.74) is 10.9. The van der Waals surface area contributed by atoms with Gasteiger partial charge in [-0.2, -0.15) is 0 Å². The van der Waals surface area contributed by atoms with Crippen LogP contribution in [0.15, 0.2) is 72.8 Å². The molecule has 45 heavy (non-hydrogen) atoms. The standard InChI is InChI=1S/C42H48O3/c1-7-28-43-37-19-10-34(11-20-37)16-25-40-31(4)41(26-17-35-12-21-38(22-13-35)44-29-8-2)33(6)42(32(40)5)27-18-36-14-23-39(24-15-36)45-30-9-3/h10-27H,7-9,28-30H2,1-6H3/b25-16+,26-17+,27-18+. The molecule has 4 aromatic carbocycles. The molecule has 0 aliphatic carbocycles. The first kappa shape index (κ1) is 33.4. The summed E-state index contributed by atoms with van der Waals surface area (Å²) in [6.07, 6.45) is 16.3. The fourth-order valence-electron chi connectivity index (χ4n) is 5.25. The van der Waals surface area contributed by atoms with Crippen molar-refractivity contribution in [2.75, 3.05) is 19.8 Å². The summed E-state index contributed by atoms with van der Waals surface area (Å²) in [7, 11) is 0. The molecule has 0 atom stereocenters. The molecule has 4 rings (SSSR count). The molecule has 0 aliphatic rings. The summed E-state index contributed by atoms with van der Waals surface area (Å²) < 4.78 is 17.3. The summed E-state index contributed by atoms with van der Waals surface area (Å²) in [5, 5.41) is 0. The molecule has 4 aromatic rings. The van der Waals surface area contributed by atoms with Crippen molar-refractivity contribution >= 4 is 36.5 Å². The van der Waals surface area contributed by atoms with E-state index in [-0.39, 0.29) is 0 Å². The third-order valence-electron chi connectivity index (χ3n) is 7.81. The molecule has 234 valence electrons. The summed E-state index contributed by atoms with van der Waals surface area (Å²) in [5.74, 6) is 2.73. The van der Waals surface area contributed by atoms with Gasteiger partial charge in [0.05, 0.1) is 19.8 Å². The summed E-state index contributed by atoms with van der Waals surface area (Å²) >= 11 is 0. The molecule has 0 amide bonds. The lowest BCUT2D eigenvalue weighted by Gasteiger charge is -2.18. The second-order valence-corrected chi connectivity index (χ2v) is 11.4. The number of benzene rings is 4. The van der Waals surface area contributed by atoms with Crippen LogP contribution in [0.25, 0.3) is 36.5 Å². The minimum atomic E-state index is 0.733.